The van der Waals surface area contributed by atoms with Crippen LogP contribution in [0.5, 0.6) is 5.75 Å². The van der Waals surface area contributed by atoms with Crippen LogP contribution in [-0.4, -0.2) is 59.9 Å². The van der Waals surface area contributed by atoms with E-state index in [2.05, 4.69) is 10.1 Å². The summed E-state index contributed by atoms with van der Waals surface area (Å²) in [5.41, 5.74) is 2.23. The number of ether oxygens (including phenoxy) is 1. The van der Waals surface area contributed by atoms with Crippen LogP contribution < -0.4 is 9.64 Å². The number of anilines is 1. The molecule has 8 heteroatoms. The summed E-state index contributed by atoms with van der Waals surface area (Å²) in [7, 11) is 7.40. The van der Waals surface area contributed by atoms with Crippen LogP contribution in [0.15, 0.2) is 24.3 Å². The highest BCUT2D eigenvalue weighted by molar-refractivity contribution is 7.22. The highest BCUT2D eigenvalue weighted by Gasteiger charge is 2.24. The molecular weight excluding hydrogens is 350 g/mol. The molecule has 2 heterocycles. The summed E-state index contributed by atoms with van der Waals surface area (Å²) in [5, 5.41) is 4.97. The number of amides is 1. The molecule has 0 saturated heterocycles. The molecule has 138 valence electrons. The quantitative estimate of drug-likeness (QED) is 0.664. The average Bonchev–Trinajstić information content (AvgIpc) is 3.16. The SMILES string of the molecule is COc1ccc2nc(N(CCN(C)C)C(=O)c3cc(C)nn3C)sc2c1. The molecule has 0 atom stereocenters. The van der Waals surface area contributed by atoms with Crippen molar-refractivity contribution in [2.24, 2.45) is 7.05 Å². The number of carbonyl (C=O) groups is 1. The van der Waals surface area contributed by atoms with Gasteiger partial charge in [0.1, 0.15) is 11.4 Å². The Labute approximate surface area is 156 Å². The summed E-state index contributed by atoms with van der Waals surface area (Å²) in [6.45, 7) is 3.17. The zero-order valence-electron chi connectivity index (χ0n) is 15.7. The van der Waals surface area contributed by atoms with E-state index in [-0.39, 0.29) is 5.91 Å². The predicted octanol–water partition coefficient (Wildman–Crippen LogP) is 2.56. The zero-order valence-corrected chi connectivity index (χ0v) is 16.5. The predicted molar refractivity (Wildman–Crippen MR) is 104 cm³/mol. The van der Waals surface area contributed by atoms with E-state index in [1.165, 1.54) is 11.3 Å². The van der Waals surface area contributed by atoms with Crippen LogP contribution in [0.1, 0.15) is 16.2 Å². The molecule has 26 heavy (non-hydrogen) atoms. The number of likely N-dealkylation sites (N-methyl/N-ethyl adjacent to an activating group) is 1. The van der Waals surface area contributed by atoms with Gasteiger partial charge in [-0.3, -0.25) is 14.4 Å². The number of methoxy groups -OCH3 is 1. The van der Waals surface area contributed by atoms with Crippen LogP contribution in [-0.2, 0) is 7.05 Å². The maximum absolute atomic E-state index is 13.2. The molecular formula is C18H23N5O2S. The molecule has 0 saturated carbocycles. The van der Waals surface area contributed by atoms with Crippen LogP contribution in [0.2, 0.25) is 0 Å². The first kappa shape index (κ1) is 18.3. The van der Waals surface area contributed by atoms with Crippen molar-refractivity contribution in [2.75, 3.05) is 39.2 Å². The third-order valence-electron chi connectivity index (χ3n) is 4.05. The van der Waals surface area contributed by atoms with Crippen molar-refractivity contribution in [2.45, 2.75) is 6.92 Å². The molecule has 7 nitrogen and oxygen atoms in total. The summed E-state index contributed by atoms with van der Waals surface area (Å²) >= 11 is 1.49. The van der Waals surface area contributed by atoms with Gasteiger partial charge < -0.3 is 9.64 Å². The van der Waals surface area contributed by atoms with Crippen molar-refractivity contribution in [1.29, 1.82) is 0 Å². The summed E-state index contributed by atoms with van der Waals surface area (Å²) in [6, 6.07) is 7.54. The van der Waals surface area contributed by atoms with Crippen LogP contribution in [0.3, 0.4) is 0 Å². The van der Waals surface area contributed by atoms with Gasteiger partial charge in [-0.1, -0.05) is 11.3 Å². The van der Waals surface area contributed by atoms with Crippen LogP contribution >= 0.6 is 11.3 Å². The van der Waals surface area contributed by atoms with Crippen LogP contribution in [0, 0.1) is 6.92 Å². The molecule has 2 aromatic heterocycles. The van der Waals surface area contributed by atoms with Gasteiger partial charge in [0, 0.05) is 20.1 Å². The number of nitrogens with zero attached hydrogens (tertiary/aromatic N) is 5. The van der Waals surface area contributed by atoms with E-state index in [0.717, 1.165) is 28.2 Å². The smallest absolute Gasteiger partial charge is 0.278 e. The van der Waals surface area contributed by atoms with E-state index in [4.69, 9.17) is 4.74 Å². The lowest BCUT2D eigenvalue weighted by molar-refractivity contribution is 0.0976. The highest BCUT2D eigenvalue weighted by Crippen LogP contribution is 2.32. The molecule has 1 amide bonds. The van der Waals surface area contributed by atoms with E-state index in [1.807, 2.05) is 44.1 Å². The summed E-state index contributed by atoms with van der Waals surface area (Å²) in [4.78, 5) is 21.6. The van der Waals surface area contributed by atoms with Crippen LogP contribution in [0.25, 0.3) is 10.2 Å². The highest BCUT2D eigenvalue weighted by atomic mass is 32.1. The zero-order chi connectivity index (χ0) is 18.8. The standard InChI is InChI=1S/C18H23N5O2S/c1-12-10-15(22(4)20-12)17(24)23(9-8-21(2)3)18-19-14-7-6-13(25-5)11-16(14)26-18/h6-7,10-11H,8-9H2,1-5H3. The molecule has 3 rings (SSSR count). The summed E-state index contributed by atoms with van der Waals surface area (Å²) < 4.78 is 7.90. The van der Waals surface area contributed by atoms with E-state index >= 15 is 0 Å². The van der Waals surface area contributed by atoms with Gasteiger partial charge in [-0.25, -0.2) is 4.98 Å². The Kier molecular flexibility index (Phi) is 5.24. The molecule has 0 aliphatic carbocycles. The van der Waals surface area contributed by atoms with Crippen molar-refractivity contribution in [3.63, 3.8) is 0 Å². The van der Waals surface area contributed by atoms with E-state index in [9.17, 15) is 4.79 Å². The van der Waals surface area contributed by atoms with Gasteiger partial charge in [0.2, 0.25) is 0 Å². The van der Waals surface area contributed by atoms with Gasteiger partial charge >= 0.3 is 0 Å². The maximum atomic E-state index is 13.2. The lowest BCUT2D eigenvalue weighted by Crippen LogP contribution is -2.37. The monoisotopic (exact) mass is 373 g/mol. The lowest BCUT2D eigenvalue weighted by atomic mass is 10.3. The van der Waals surface area contributed by atoms with Gasteiger partial charge in [-0.15, -0.1) is 0 Å². The van der Waals surface area contributed by atoms with Gasteiger partial charge in [0.15, 0.2) is 5.13 Å². The summed E-state index contributed by atoms with van der Waals surface area (Å²) in [6.07, 6.45) is 0. The van der Waals surface area contributed by atoms with Crippen LogP contribution in [0.4, 0.5) is 5.13 Å². The fraction of sp³-hybridized carbons (Fsp3) is 0.389. The molecule has 0 spiro atoms. The van der Waals surface area contributed by atoms with E-state index < -0.39 is 0 Å². The Morgan fingerprint density at radius 3 is 2.65 bits per heavy atom. The van der Waals surface area contributed by atoms with Crippen molar-refractivity contribution in [3.8, 4) is 5.75 Å². The fourth-order valence-electron chi connectivity index (χ4n) is 2.67. The molecule has 0 bridgehead atoms. The maximum Gasteiger partial charge on any atom is 0.278 e. The fourth-order valence-corrected chi connectivity index (χ4v) is 3.69. The third kappa shape index (κ3) is 3.71. The van der Waals surface area contributed by atoms with E-state index in [0.29, 0.717) is 17.4 Å². The molecule has 0 aliphatic rings. The van der Waals surface area contributed by atoms with E-state index in [1.54, 1.807) is 29.8 Å². The molecule has 0 radical (unpaired) electrons. The first-order chi connectivity index (χ1) is 12.4. The molecule has 0 fully saturated rings. The second kappa shape index (κ2) is 7.43. The number of hydrogen-bond donors (Lipinski definition) is 0. The van der Waals surface area contributed by atoms with Crippen molar-refractivity contribution < 1.29 is 9.53 Å². The molecule has 1 aromatic carbocycles. The van der Waals surface area contributed by atoms with Gasteiger partial charge in [-0.2, -0.15) is 5.10 Å². The minimum Gasteiger partial charge on any atom is -0.497 e. The minimum atomic E-state index is -0.0963. The Morgan fingerprint density at radius 1 is 1.27 bits per heavy atom. The van der Waals surface area contributed by atoms with Crippen molar-refractivity contribution in [1.82, 2.24) is 19.7 Å². The number of fused-ring (bicyclic) bond motifs is 1. The molecule has 0 N–H and O–H groups in total. The van der Waals surface area contributed by atoms with Gasteiger partial charge in [0.25, 0.3) is 5.91 Å². The number of thiazole rings is 1. The Morgan fingerprint density at radius 2 is 2.04 bits per heavy atom. The van der Waals surface area contributed by atoms with Gasteiger partial charge in [0.05, 0.1) is 23.0 Å². The summed E-state index contributed by atoms with van der Waals surface area (Å²) in [5.74, 6) is 0.682. The molecule has 0 aliphatic heterocycles. The Hall–Kier alpha value is -2.45. The average molecular weight is 373 g/mol. The molecule has 0 unspecified atom stereocenters. The number of aryl methyl sites for hydroxylation is 2. The number of carbonyl (C=O) groups excluding carboxylic acids is 1. The minimum absolute atomic E-state index is 0.0963. The third-order valence-corrected chi connectivity index (χ3v) is 5.09. The number of benzene rings is 1. The first-order valence-corrected chi connectivity index (χ1v) is 9.12. The van der Waals surface area contributed by atoms with Crippen molar-refractivity contribution >= 4 is 32.6 Å². The Bertz CT molecular complexity index is 931. The second-order valence-corrected chi connectivity index (χ2v) is 7.39. The topological polar surface area (TPSA) is 63.5 Å². The second-order valence-electron chi connectivity index (χ2n) is 6.38. The first-order valence-electron chi connectivity index (χ1n) is 8.31. The van der Waals surface area contributed by atoms with Gasteiger partial charge in [-0.05, 0) is 45.3 Å². The number of hydrogen-bond acceptors (Lipinski definition) is 6. The Balaban J connectivity index is 2.00. The largest absolute Gasteiger partial charge is 0.497 e. The number of rotatable bonds is 6. The van der Waals surface area contributed by atoms with Crippen molar-refractivity contribution in [3.05, 3.63) is 35.7 Å². The number of aromatic nitrogens is 3. The molecule has 3 aromatic rings. The lowest BCUT2D eigenvalue weighted by Gasteiger charge is -2.21. The normalized spacial score (nSPS) is 11.3.